The Morgan fingerprint density at radius 2 is 1.88 bits per heavy atom. The molecule has 0 aromatic heterocycles. The summed E-state index contributed by atoms with van der Waals surface area (Å²) >= 11 is 0. The molecule has 0 aliphatic rings. The molecular formula is C11H15N3O2. The number of nitrogens with one attached hydrogen (secondary N) is 2. The Kier molecular flexibility index (Phi) is 4.32. The normalized spacial score (nSPS) is 9.56. The summed E-state index contributed by atoms with van der Waals surface area (Å²) in [4.78, 5) is 21.4. The van der Waals surface area contributed by atoms with Gasteiger partial charge in [-0.25, -0.2) is 4.79 Å². The molecule has 0 saturated heterocycles. The number of benzene rings is 1. The van der Waals surface area contributed by atoms with Crippen molar-refractivity contribution in [3.05, 3.63) is 29.8 Å². The lowest BCUT2D eigenvalue weighted by molar-refractivity contribution is -0.118. The first-order chi connectivity index (χ1) is 7.61. The minimum atomic E-state index is -0.840. The summed E-state index contributed by atoms with van der Waals surface area (Å²) in [7, 11) is 0. The van der Waals surface area contributed by atoms with Crippen molar-refractivity contribution >= 4 is 17.6 Å². The zero-order chi connectivity index (χ0) is 12.0. The maximum atomic E-state index is 11.1. The number of aryl methyl sites for hydroxylation is 1. The van der Waals surface area contributed by atoms with Crippen LogP contribution in [0.4, 0.5) is 10.5 Å². The molecule has 0 saturated carbocycles. The van der Waals surface area contributed by atoms with Crippen LogP contribution in [0, 0.1) is 0 Å². The molecule has 5 nitrogen and oxygen atoms in total. The van der Waals surface area contributed by atoms with E-state index in [1.165, 1.54) is 5.56 Å². The van der Waals surface area contributed by atoms with Gasteiger partial charge in [-0.05, 0) is 24.1 Å². The highest BCUT2D eigenvalue weighted by Crippen LogP contribution is 2.09. The molecule has 1 aromatic rings. The van der Waals surface area contributed by atoms with Gasteiger partial charge < -0.3 is 11.1 Å². The van der Waals surface area contributed by atoms with E-state index in [2.05, 4.69) is 12.2 Å². The fourth-order valence-corrected chi connectivity index (χ4v) is 1.22. The maximum absolute atomic E-state index is 11.1. The highest BCUT2D eigenvalue weighted by Gasteiger charge is 2.02. The van der Waals surface area contributed by atoms with Crippen LogP contribution < -0.4 is 16.4 Å². The molecule has 0 heterocycles. The van der Waals surface area contributed by atoms with Crippen LogP contribution in [-0.2, 0) is 11.2 Å². The number of primary amides is 1. The largest absolute Gasteiger partial charge is 0.376 e. The number of hydrogen-bond acceptors (Lipinski definition) is 3. The Bertz CT molecular complexity index is 373. The van der Waals surface area contributed by atoms with Gasteiger partial charge in [0.2, 0.25) is 5.91 Å². The highest BCUT2D eigenvalue weighted by atomic mass is 16.2. The molecular weight excluding hydrogens is 206 g/mol. The van der Waals surface area contributed by atoms with Gasteiger partial charge >= 0.3 is 6.03 Å². The quantitative estimate of drug-likeness (QED) is 0.704. The molecule has 0 unspecified atom stereocenters. The van der Waals surface area contributed by atoms with E-state index in [0.717, 1.165) is 12.1 Å². The smallest absolute Gasteiger partial charge is 0.318 e. The van der Waals surface area contributed by atoms with E-state index in [9.17, 15) is 9.59 Å². The van der Waals surface area contributed by atoms with E-state index in [-0.39, 0.29) is 6.54 Å². The Morgan fingerprint density at radius 3 is 2.38 bits per heavy atom. The lowest BCUT2D eigenvalue weighted by Crippen LogP contribution is -2.38. The molecule has 4 N–H and O–H groups in total. The van der Waals surface area contributed by atoms with Gasteiger partial charge in [-0.15, -0.1) is 0 Å². The number of anilines is 1. The monoisotopic (exact) mass is 221 g/mol. The molecule has 0 fully saturated rings. The van der Waals surface area contributed by atoms with Crippen LogP contribution in [0.5, 0.6) is 0 Å². The fraction of sp³-hybridized carbons (Fsp3) is 0.273. The van der Waals surface area contributed by atoms with E-state index in [4.69, 9.17) is 5.73 Å². The summed E-state index contributed by atoms with van der Waals surface area (Å²) in [5.41, 5.74) is 6.86. The number of carbonyl (C=O) groups excluding carboxylic acids is 2. The molecule has 3 amide bonds. The third-order valence-corrected chi connectivity index (χ3v) is 2.08. The van der Waals surface area contributed by atoms with Crippen molar-refractivity contribution in [1.29, 1.82) is 0 Å². The molecule has 0 atom stereocenters. The third-order valence-electron chi connectivity index (χ3n) is 2.08. The van der Waals surface area contributed by atoms with Crippen LogP contribution in [0.15, 0.2) is 24.3 Å². The predicted octanol–water partition coefficient (Wildman–Crippen LogP) is 0.856. The second-order valence-electron chi connectivity index (χ2n) is 3.32. The Labute approximate surface area is 94.0 Å². The van der Waals surface area contributed by atoms with Crippen LogP contribution in [0.3, 0.4) is 0 Å². The van der Waals surface area contributed by atoms with Crippen molar-refractivity contribution in [2.24, 2.45) is 5.73 Å². The third kappa shape index (κ3) is 4.00. The van der Waals surface area contributed by atoms with Crippen LogP contribution in [-0.4, -0.2) is 18.5 Å². The Hall–Kier alpha value is -2.04. The summed E-state index contributed by atoms with van der Waals surface area (Å²) in [6.45, 7) is 2.09. The van der Waals surface area contributed by atoms with Crippen LogP contribution >= 0.6 is 0 Å². The molecule has 0 bridgehead atoms. The van der Waals surface area contributed by atoms with E-state index < -0.39 is 11.9 Å². The van der Waals surface area contributed by atoms with Crippen molar-refractivity contribution < 1.29 is 9.59 Å². The molecule has 0 spiro atoms. The van der Waals surface area contributed by atoms with Crippen molar-refractivity contribution in [3.63, 3.8) is 0 Å². The summed E-state index contributed by atoms with van der Waals surface area (Å²) < 4.78 is 0. The van der Waals surface area contributed by atoms with Gasteiger partial charge in [0.25, 0.3) is 0 Å². The van der Waals surface area contributed by atoms with Gasteiger partial charge in [-0.2, -0.15) is 0 Å². The first kappa shape index (κ1) is 12.0. The number of rotatable bonds is 4. The number of amides is 3. The lowest BCUT2D eigenvalue weighted by Gasteiger charge is -2.06. The summed E-state index contributed by atoms with van der Waals surface area (Å²) in [6, 6.07) is 6.89. The van der Waals surface area contributed by atoms with Crippen LogP contribution in [0.25, 0.3) is 0 Å². The fourth-order valence-electron chi connectivity index (χ4n) is 1.22. The van der Waals surface area contributed by atoms with Crippen LogP contribution in [0.1, 0.15) is 12.5 Å². The second-order valence-corrected chi connectivity index (χ2v) is 3.32. The molecule has 1 rings (SSSR count). The Balaban J connectivity index is 2.42. The van der Waals surface area contributed by atoms with Crippen LogP contribution in [0.2, 0.25) is 0 Å². The molecule has 86 valence electrons. The van der Waals surface area contributed by atoms with Crippen molar-refractivity contribution in [1.82, 2.24) is 5.32 Å². The molecule has 1 aromatic carbocycles. The zero-order valence-electron chi connectivity index (χ0n) is 9.12. The summed E-state index contributed by atoms with van der Waals surface area (Å²) in [5, 5.41) is 4.85. The van der Waals surface area contributed by atoms with Gasteiger partial charge in [-0.1, -0.05) is 19.1 Å². The van der Waals surface area contributed by atoms with Crippen molar-refractivity contribution in [2.45, 2.75) is 13.3 Å². The molecule has 0 radical (unpaired) electrons. The average Bonchev–Trinajstić information content (AvgIpc) is 2.26. The molecule has 0 aliphatic heterocycles. The van der Waals surface area contributed by atoms with Gasteiger partial charge in [0, 0.05) is 5.69 Å². The zero-order valence-corrected chi connectivity index (χ0v) is 9.12. The molecule has 16 heavy (non-hydrogen) atoms. The Morgan fingerprint density at radius 1 is 1.25 bits per heavy atom. The molecule has 5 heteroatoms. The van der Waals surface area contributed by atoms with Gasteiger partial charge in [0.05, 0.1) is 6.54 Å². The highest BCUT2D eigenvalue weighted by molar-refractivity contribution is 5.95. The second kappa shape index (κ2) is 5.75. The number of hydrogen-bond donors (Lipinski definition) is 3. The standard InChI is InChI=1S/C11H15N3O2/c1-2-8-3-5-9(6-4-8)13-7-10(15)14-11(12)16/h3-6,13H,2,7H2,1H3,(H3,12,14,15,16). The number of imide groups is 1. The lowest BCUT2D eigenvalue weighted by atomic mass is 10.1. The summed E-state index contributed by atoms with van der Waals surface area (Å²) in [6.07, 6.45) is 0.975. The van der Waals surface area contributed by atoms with Gasteiger partial charge in [-0.3, -0.25) is 10.1 Å². The molecule has 0 aliphatic carbocycles. The number of urea groups is 1. The minimum Gasteiger partial charge on any atom is -0.376 e. The number of nitrogens with two attached hydrogens (primary N) is 1. The maximum Gasteiger partial charge on any atom is 0.318 e. The van der Waals surface area contributed by atoms with Gasteiger partial charge in [0.1, 0.15) is 0 Å². The minimum absolute atomic E-state index is 0.0222. The van der Waals surface area contributed by atoms with Crippen molar-refractivity contribution in [3.8, 4) is 0 Å². The topological polar surface area (TPSA) is 84.2 Å². The SMILES string of the molecule is CCc1ccc(NCC(=O)NC(N)=O)cc1. The van der Waals surface area contributed by atoms with Crippen molar-refractivity contribution in [2.75, 3.05) is 11.9 Å². The first-order valence-corrected chi connectivity index (χ1v) is 5.04. The van der Waals surface area contributed by atoms with E-state index in [1.54, 1.807) is 0 Å². The van der Waals surface area contributed by atoms with E-state index in [1.807, 2.05) is 29.6 Å². The van der Waals surface area contributed by atoms with Gasteiger partial charge in [0.15, 0.2) is 0 Å². The first-order valence-electron chi connectivity index (χ1n) is 5.04. The summed E-state index contributed by atoms with van der Waals surface area (Å²) in [5.74, 6) is -0.452. The average molecular weight is 221 g/mol. The number of carbonyl (C=O) groups is 2. The van der Waals surface area contributed by atoms with E-state index in [0.29, 0.717) is 0 Å². The predicted molar refractivity (Wildman–Crippen MR) is 62.0 cm³/mol. The van der Waals surface area contributed by atoms with E-state index >= 15 is 0 Å².